The van der Waals surface area contributed by atoms with Gasteiger partial charge in [0.1, 0.15) is 5.75 Å². The van der Waals surface area contributed by atoms with Crippen LogP contribution in [0, 0.1) is 0 Å². The first-order valence-electron chi connectivity index (χ1n) is 6.46. The molecule has 0 aliphatic heterocycles. The molecule has 0 heterocycles. The minimum atomic E-state index is 0.264. The Kier molecular flexibility index (Phi) is 5.00. The number of phenols is 1. The number of halogens is 1. The molecule has 2 N–H and O–H groups in total. The van der Waals surface area contributed by atoms with Gasteiger partial charge < -0.3 is 10.4 Å². The van der Waals surface area contributed by atoms with Crippen molar-refractivity contribution in [3.63, 3.8) is 0 Å². The van der Waals surface area contributed by atoms with Gasteiger partial charge in [-0.15, -0.1) is 0 Å². The molecular weight excluding hydrogens is 302 g/mol. The SMILES string of the molecule is CCNC(Cc1cccc(O)c1)c1ccc(Br)cc1. The highest BCUT2D eigenvalue weighted by molar-refractivity contribution is 9.10. The molecule has 0 saturated carbocycles. The number of hydrogen-bond acceptors (Lipinski definition) is 2. The lowest BCUT2D eigenvalue weighted by molar-refractivity contribution is 0.473. The molecule has 0 saturated heterocycles. The highest BCUT2D eigenvalue weighted by Gasteiger charge is 2.11. The zero-order valence-corrected chi connectivity index (χ0v) is 12.5. The molecule has 0 aliphatic rings. The molecule has 1 unspecified atom stereocenters. The van der Waals surface area contributed by atoms with Crippen LogP contribution in [-0.4, -0.2) is 11.7 Å². The third kappa shape index (κ3) is 4.08. The number of nitrogens with one attached hydrogen (secondary N) is 1. The van der Waals surface area contributed by atoms with Gasteiger partial charge in [-0.25, -0.2) is 0 Å². The summed E-state index contributed by atoms with van der Waals surface area (Å²) in [7, 11) is 0. The summed E-state index contributed by atoms with van der Waals surface area (Å²) in [6.07, 6.45) is 0.865. The molecule has 0 amide bonds. The second kappa shape index (κ2) is 6.73. The number of hydrogen-bond donors (Lipinski definition) is 2. The molecule has 0 fully saturated rings. The summed E-state index contributed by atoms with van der Waals surface area (Å²) >= 11 is 3.46. The van der Waals surface area contributed by atoms with E-state index in [9.17, 15) is 5.11 Å². The molecule has 100 valence electrons. The molecule has 3 heteroatoms. The quantitative estimate of drug-likeness (QED) is 0.871. The van der Waals surface area contributed by atoms with E-state index in [0.29, 0.717) is 5.75 Å². The van der Waals surface area contributed by atoms with Gasteiger partial charge in [-0.05, 0) is 48.4 Å². The third-order valence-electron chi connectivity index (χ3n) is 3.07. The summed E-state index contributed by atoms with van der Waals surface area (Å²) < 4.78 is 1.09. The van der Waals surface area contributed by atoms with Crippen LogP contribution in [-0.2, 0) is 6.42 Å². The fourth-order valence-corrected chi connectivity index (χ4v) is 2.43. The summed E-state index contributed by atoms with van der Waals surface area (Å²) in [5, 5.41) is 13.0. The topological polar surface area (TPSA) is 32.3 Å². The van der Waals surface area contributed by atoms with Crippen LogP contribution in [0.3, 0.4) is 0 Å². The van der Waals surface area contributed by atoms with Crippen molar-refractivity contribution in [1.29, 1.82) is 0 Å². The van der Waals surface area contributed by atoms with Crippen molar-refractivity contribution in [3.8, 4) is 5.75 Å². The number of likely N-dealkylation sites (N-methyl/N-ethyl adjacent to an activating group) is 1. The zero-order chi connectivity index (χ0) is 13.7. The normalized spacial score (nSPS) is 12.3. The van der Waals surface area contributed by atoms with Crippen LogP contribution >= 0.6 is 15.9 Å². The van der Waals surface area contributed by atoms with Crippen molar-refractivity contribution < 1.29 is 5.11 Å². The first-order chi connectivity index (χ1) is 9.19. The lowest BCUT2D eigenvalue weighted by Crippen LogP contribution is -2.22. The summed E-state index contributed by atoms with van der Waals surface area (Å²) in [5.74, 6) is 0.323. The number of benzene rings is 2. The van der Waals surface area contributed by atoms with Crippen molar-refractivity contribution in [2.75, 3.05) is 6.54 Å². The fourth-order valence-electron chi connectivity index (χ4n) is 2.17. The predicted octanol–water partition coefficient (Wildman–Crippen LogP) is 4.05. The van der Waals surface area contributed by atoms with E-state index in [1.54, 1.807) is 6.07 Å². The summed E-state index contributed by atoms with van der Waals surface area (Å²) in [6.45, 7) is 3.02. The van der Waals surface area contributed by atoms with E-state index in [-0.39, 0.29) is 6.04 Å². The highest BCUT2D eigenvalue weighted by Crippen LogP contribution is 2.22. The van der Waals surface area contributed by atoms with Gasteiger partial charge in [0.15, 0.2) is 0 Å². The van der Waals surface area contributed by atoms with Crippen LogP contribution in [0.1, 0.15) is 24.1 Å². The standard InChI is InChI=1S/C16H18BrNO/c1-2-18-16(13-6-8-14(17)9-7-13)11-12-4-3-5-15(19)10-12/h3-10,16,18-19H,2,11H2,1H3. The van der Waals surface area contributed by atoms with Crippen molar-refractivity contribution in [2.45, 2.75) is 19.4 Å². The van der Waals surface area contributed by atoms with Gasteiger partial charge in [-0.3, -0.25) is 0 Å². The summed E-state index contributed by atoms with van der Waals surface area (Å²) in [6, 6.07) is 16.1. The maximum absolute atomic E-state index is 9.54. The largest absolute Gasteiger partial charge is 0.508 e. The molecule has 2 aromatic rings. The molecular formula is C16H18BrNO. The Balaban J connectivity index is 2.18. The van der Waals surface area contributed by atoms with Crippen molar-refractivity contribution in [1.82, 2.24) is 5.32 Å². The number of rotatable bonds is 5. The molecule has 19 heavy (non-hydrogen) atoms. The first-order valence-corrected chi connectivity index (χ1v) is 7.25. The molecule has 2 rings (SSSR count). The van der Waals surface area contributed by atoms with Gasteiger partial charge in [0.05, 0.1) is 0 Å². The van der Waals surface area contributed by atoms with Crippen molar-refractivity contribution in [2.24, 2.45) is 0 Å². The Labute approximate surface area is 122 Å². The maximum atomic E-state index is 9.54. The Morgan fingerprint density at radius 2 is 1.89 bits per heavy atom. The van der Waals surface area contributed by atoms with E-state index in [1.807, 2.05) is 18.2 Å². The average molecular weight is 320 g/mol. The average Bonchev–Trinajstić information content (AvgIpc) is 2.39. The molecule has 2 aromatic carbocycles. The third-order valence-corrected chi connectivity index (χ3v) is 3.60. The molecule has 2 nitrogen and oxygen atoms in total. The smallest absolute Gasteiger partial charge is 0.115 e. The van der Waals surface area contributed by atoms with Crippen LogP contribution in [0.25, 0.3) is 0 Å². The second-order valence-electron chi connectivity index (χ2n) is 4.54. The summed E-state index contributed by atoms with van der Waals surface area (Å²) in [5.41, 5.74) is 2.39. The first kappa shape index (κ1) is 14.1. The van der Waals surface area contributed by atoms with E-state index in [1.165, 1.54) is 5.56 Å². The van der Waals surface area contributed by atoms with Gasteiger partial charge in [0.2, 0.25) is 0 Å². The Morgan fingerprint density at radius 1 is 1.16 bits per heavy atom. The second-order valence-corrected chi connectivity index (χ2v) is 5.45. The van der Waals surface area contributed by atoms with E-state index >= 15 is 0 Å². The predicted molar refractivity (Wildman–Crippen MR) is 82.4 cm³/mol. The molecule has 0 aliphatic carbocycles. The van der Waals surface area contributed by atoms with Gasteiger partial charge >= 0.3 is 0 Å². The van der Waals surface area contributed by atoms with E-state index in [2.05, 4.69) is 52.4 Å². The molecule has 1 atom stereocenters. The van der Waals surface area contributed by atoms with Crippen molar-refractivity contribution >= 4 is 15.9 Å². The van der Waals surface area contributed by atoms with Crippen LogP contribution in [0.5, 0.6) is 5.75 Å². The Morgan fingerprint density at radius 3 is 2.53 bits per heavy atom. The molecule has 0 spiro atoms. The maximum Gasteiger partial charge on any atom is 0.115 e. The number of phenolic OH excluding ortho intramolecular Hbond substituents is 1. The van der Waals surface area contributed by atoms with E-state index in [4.69, 9.17) is 0 Å². The van der Waals surface area contributed by atoms with Crippen LogP contribution in [0.4, 0.5) is 0 Å². The zero-order valence-electron chi connectivity index (χ0n) is 10.9. The van der Waals surface area contributed by atoms with E-state index < -0.39 is 0 Å². The van der Waals surface area contributed by atoms with Crippen LogP contribution in [0.15, 0.2) is 53.0 Å². The van der Waals surface area contributed by atoms with Gasteiger partial charge in [-0.1, -0.05) is 47.1 Å². The molecule has 0 bridgehead atoms. The fraction of sp³-hybridized carbons (Fsp3) is 0.250. The van der Waals surface area contributed by atoms with Crippen LogP contribution in [0.2, 0.25) is 0 Å². The molecule has 0 radical (unpaired) electrons. The van der Waals surface area contributed by atoms with Gasteiger partial charge in [-0.2, -0.15) is 0 Å². The van der Waals surface area contributed by atoms with Crippen LogP contribution < -0.4 is 5.32 Å². The highest BCUT2D eigenvalue weighted by atomic mass is 79.9. The Hall–Kier alpha value is -1.32. The van der Waals surface area contributed by atoms with Crippen molar-refractivity contribution in [3.05, 3.63) is 64.1 Å². The Bertz CT molecular complexity index is 525. The lowest BCUT2D eigenvalue weighted by Gasteiger charge is -2.18. The van der Waals surface area contributed by atoms with Gasteiger partial charge in [0.25, 0.3) is 0 Å². The molecule has 0 aromatic heterocycles. The van der Waals surface area contributed by atoms with E-state index in [0.717, 1.165) is 23.0 Å². The van der Waals surface area contributed by atoms with Gasteiger partial charge in [0, 0.05) is 10.5 Å². The summed E-state index contributed by atoms with van der Waals surface area (Å²) in [4.78, 5) is 0. The lowest BCUT2D eigenvalue weighted by atomic mass is 9.99. The minimum absolute atomic E-state index is 0.264. The monoisotopic (exact) mass is 319 g/mol. The minimum Gasteiger partial charge on any atom is -0.508 e. The number of aromatic hydroxyl groups is 1.